The van der Waals surface area contributed by atoms with E-state index < -0.39 is 0 Å². The van der Waals surface area contributed by atoms with Crippen molar-refractivity contribution in [2.75, 3.05) is 13.1 Å². The molecule has 2 heteroatoms. The van der Waals surface area contributed by atoms with Crippen LogP contribution in [-0.4, -0.2) is 23.9 Å². The summed E-state index contributed by atoms with van der Waals surface area (Å²) >= 11 is 0. The van der Waals surface area contributed by atoms with E-state index in [2.05, 4.69) is 24.3 Å². The summed E-state index contributed by atoms with van der Waals surface area (Å²) in [7, 11) is 0. The summed E-state index contributed by atoms with van der Waals surface area (Å²) in [6.45, 7) is 3.72. The van der Waals surface area contributed by atoms with Gasteiger partial charge in [-0.05, 0) is 31.0 Å². The van der Waals surface area contributed by atoms with E-state index in [0.29, 0.717) is 5.92 Å². The highest BCUT2D eigenvalue weighted by molar-refractivity contribution is 5.94. The molecule has 102 valence electrons. The Hall–Kier alpha value is -2.09. The molecule has 2 aromatic carbocycles. The van der Waals surface area contributed by atoms with Gasteiger partial charge in [-0.1, -0.05) is 48.0 Å². The van der Waals surface area contributed by atoms with Crippen LogP contribution >= 0.6 is 0 Å². The van der Waals surface area contributed by atoms with Gasteiger partial charge in [0.1, 0.15) is 0 Å². The summed E-state index contributed by atoms with van der Waals surface area (Å²) in [5.41, 5.74) is 3.32. The molecule has 0 radical (unpaired) electrons. The first-order valence-electron chi connectivity index (χ1n) is 7.15. The fourth-order valence-electron chi connectivity index (χ4n) is 2.82. The number of benzene rings is 2. The molecule has 1 fully saturated rings. The van der Waals surface area contributed by atoms with Crippen LogP contribution < -0.4 is 0 Å². The van der Waals surface area contributed by atoms with Gasteiger partial charge in [-0.2, -0.15) is 0 Å². The van der Waals surface area contributed by atoms with Crippen molar-refractivity contribution >= 4 is 5.91 Å². The summed E-state index contributed by atoms with van der Waals surface area (Å²) in [6.07, 6.45) is 1.06. The molecule has 1 saturated heterocycles. The normalized spacial score (nSPS) is 18.2. The molecule has 0 aliphatic carbocycles. The molecule has 0 saturated carbocycles. The van der Waals surface area contributed by atoms with E-state index in [1.165, 1.54) is 11.1 Å². The molecular formula is C18H19NO. The first-order chi connectivity index (χ1) is 9.74. The number of likely N-dealkylation sites (tertiary alicyclic amines) is 1. The Bertz CT molecular complexity index is 589. The maximum Gasteiger partial charge on any atom is 0.253 e. The molecule has 20 heavy (non-hydrogen) atoms. The van der Waals surface area contributed by atoms with Crippen molar-refractivity contribution in [2.24, 2.45) is 0 Å². The Kier molecular flexibility index (Phi) is 3.55. The van der Waals surface area contributed by atoms with Crippen molar-refractivity contribution in [1.29, 1.82) is 0 Å². The minimum Gasteiger partial charge on any atom is -0.338 e. The Morgan fingerprint density at radius 1 is 1.05 bits per heavy atom. The van der Waals surface area contributed by atoms with Gasteiger partial charge in [-0.3, -0.25) is 4.79 Å². The van der Waals surface area contributed by atoms with Crippen LogP contribution in [0.4, 0.5) is 0 Å². The molecule has 0 bridgehead atoms. The van der Waals surface area contributed by atoms with Crippen molar-refractivity contribution in [1.82, 2.24) is 4.90 Å². The Labute approximate surface area is 120 Å². The Balaban J connectivity index is 1.71. The van der Waals surface area contributed by atoms with E-state index >= 15 is 0 Å². The van der Waals surface area contributed by atoms with E-state index in [1.807, 2.05) is 42.2 Å². The molecule has 1 atom stereocenters. The summed E-state index contributed by atoms with van der Waals surface area (Å²) in [5, 5.41) is 0. The van der Waals surface area contributed by atoms with Gasteiger partial charge in [0.15, 0.2) is 0 Å². The third kappa shape index (κ3) is 2.60. The highest BCUT2D eigenvalue weighted by Gasteiger charge is 2.27. The Morgan fingerprint density at radius 2 is 1.75 bits per heavy atom. The third-order valence-electron chi connectivity index (χ3n) is 4.04. The largest absolute Gasteiger partial charge is 0.338 e. The summed E-state index contributed by atoms with van der Waals surface area (Å²) in [6, 6.07) is 18.3. The number of amides is 1. The van der Waals surface area contributed by atoms with Gasteiger partial charge in [0.05, 0.1) is 0 Å². The second kappa shape index (κ2) is 5.49. The van der Waals surface area contributed by atoms with E-state index in [9.17, 15) is 4.79 Å². The first kappa shape index (κ1) is 12.9. The average molecular weight is 265 g/mol. The van der Waals surface area contributed by atoms with Gasteiger partial charge in [0.2, 0.25) is 0 Å². The Morgan fingerprint density at radius 3 is 2.45 bits per heavy atom. The second-order valence-electron chi connectivity index (χ2n) is 5.51. The van der Waals surface area contributed by atoms with Crippen molar-refractivity contribution in [3.8, 4) is 0 Å². The first-order valence-corrected chi connectivity index (χ1v) is 7.15. The number of hydrogen-bond donors (Lipinski definition) is 0. The van der Waals surface area contributed by atoms with Crippen molar-refractivity contribution in [2.45, 2.75) is 19.3 Å². The predicted molar refractivity (Wildman–Crippen MR) is 80.9 cm³/mol. The quantitative estimate of drug-likeness (QED) is 0.812. The molecule has 0 unspecified atom stereocenters. The zero-order chi connectivity index (χ0) is 13.9. The van der Waals surface area contributed by atoms with Gasteiger partial charge >= 0.3 is 0 Å². The summed E-state index contributed by atoms with van der Waals surface area (Å²) in [4.78, 5) is 14.4. The van der Waals surface area contributed by atoms with Crippen molar-refractivity contribution < 1.29 is 4.79 Å². The van der Waals surface area contributed by atoms with Crippen LogP contribution in [0.25, 0.3) is 0 Å². The fourth-order valence-corrected chi connectivity index (χ4v) is 2.82. The second-order valence-corrected chi connectivity index (χ2v) is 5.51. The number of carbonyl (C=O) groups excluding carboxylic acids is 1. The average Bonchev–Trinajstić information content (AvgIpc) is 2.98. The van der Waals surface area contributed by atoms with Crippen LogP contribution in [0.2, 0.25) is 0 Å². The molecule has 1 amide bonds. The maximum absolute atomic E-state index is 12.5. The lowest BCUT2D eigenvalue weighted by Crippen LogP contribution is -2.28. The van der Waals surface area contributed by atoms with Crippen molar-refractivity contribution in [3.63, 3.8) is 0 Å². The van der Waals surface area contributed by atoms with Gasteiger partial charge in [-0.15, -0.1) is 0 Å². The molecule has 0 spiro atoms. The molecule has 3 rings (SSSR count). The predicted octanol–water partition coefficient (Wildman–Crippen LogP) is 3.62. The lowest BCUT2D eigenvalue weighted by molar-refractivity contribution is 0.0791. The molecule has 0 aromatic heterocycles. The number of hydrogen-bond acceptors (Lipinski definition) is 1. The lowest BCUT2D eigenvalue weighted by atomic mass is 9.99. The van der Waals surface area contributed by atoms with Gasteiger partial charge in [0, 0.05) is 24.6 Å². The number of rotatable bonds is 2. The SMILES string of the molecule is Cc1ccc(C(=O)N2CC[C@@H](c3ccccc3)C2)cc1. The van der Waals surface area contributed by atoms with Gasteiger partial charge < -0.3 is 4.90 Å². The smallest absolute Gasteiger partial charge is 0.253 e. The highest BCUT2D eigenvalue weighted by atomic mass is 16.2. The minimum atomic E-state index is 0.156. The standard InChI is InChI=1S/C18H19NO/c1-14-7-9-16(10-8-14)18(20)19-12-11-17(13-19)15-5-3-2-4-6-15/h2-10,17H,11-13H2,1H3/t17-/m1/s1. The molecule has 0 N–H and O–H groups in total. The highest BCUT2D eigenvalue weighted by Crippen LogP contribution is 2.27. The molecule has 1 aliphatic heterocycles. The molecule has 2 nitrogen and oxygen atoms in total. The van der Waals surface area contributed by atoms with Crippen LogP contribution in [0, 0.1) is 6.92 Å². The number of carbonyl (C=O) groups is 1. The van der Waals surface area contributed by atoms with Crippen LogP contribution in [-0.2, 0) is 0 Å². The molecule has 2 aromatic rings. The van der Waals surface area contributed by atoms with Crippen LogP contribution in [0.5, 0.6) is 0 Å². The maximum atomic E-state index is 12.5. The lowest BCUT2D eigenvalue weighted by Gasteiger charge is -2.17. The molecular weight excluding hydrogens is 246 g/mol. The zero-order valence-corrected chi connectivity index (χ0v) is 11.8. The number of aryl methyl sites for hydroxylation is 1. The summed E-state index contributed by atoms with van der Waals surface area (Å²) in [5.74, 6) is 0.633. The zero-order valence-electron chi connectivity index (χ0n) is 11.8. The van der Waals surface area contributed by atoms with Crippen LogP contribution in [0.15, 0.2) is 54.6 Å². The van der Waals surface area contributed by atoms with E-state index in [0.717, 1.165) is 25.1 Å². The van der Waals surface area contributed by atoms with Crippen LogP contribution in [0.1, 0.15) is 33.8 Å². The van der Waals surface area contributed by atoms with Crippen molar-refractivity contribution in [3.05, 3.63) is 71.3 Å². The number of nitrogens with zero attached hydrogens (tertiary/aromatic N) is 1. The van der Waals surface area contributed by atoms with Gasteiger partial charge in [0.25, 0.3) is 5.91 Å². The molecule has 1 heterocycles. The monoisotopic (exact) mass is 265 g/mol. The summed E-state index contributed by atoms with van der Waals surface area (Å²) < 4.78 is 0. The topological polar surface area (TPSA) is 20.3 Å². The van der Waals surface area contributed by atoms with E-state index in [1.54, 1.807) is 0 Å². The van der Waals surface area contributed by atoms with E-state index in [-0.39, 0.29) is 5.91 Å². The third-order valence-corrected chi connectivity index (χ3v) is 4.04. The van der Waals surface area contributed by atoms with Gasteiger partial charge in [-0.25, -0.2) is 0 Å². The van der Waals surface area contributed by atoms with E-state index in [4.69, 9.17) is 0 Å². The van der Waals surface area contributed by atoms with Crippen LogP contribution in [0.3, 0.4) is 0 Å². The fraction of sp³-hybridized carbons (Fsp3) is 0.278. The molecule has 1 aliphatic rings. The minimum absolute atomic E-state index is 0.156.